The molecule has 0 amide bonds. The van der Waals surface area contributed by atoms with E-state index in [0.29, 0.717) is 13.3 Å². The lowest BCUT2D eigenvalue weighted by molar-refractivity contribution is 0.721. The highest BCUT2D eigenvalue weighted by Gasteiger charge is 1.89. The van der Waals surface area contributed by atoms with E-state index in [1.54, 1.807) is 0 Å². The summed E-state index contributed by atoms with van der Waals surface area (Å²) in [6.07, 6.45) is 4.53. The van der Waals surface area contributed by atoms with Gasteiger partial charge in [0.1, 0.15) is 0 Å². The number of rotatable bonds is 8. The Balaban J connectivity index is 3.54. The molecule has 3 heteroatoms. The maximum atomic E-state index is 4.39. The van der Waals surface area contributed by atoms with Gasteiger partial charge in [-0.3, -0.25) is 15.3 Å². The van der Waals surface area contributed by atoms with Crippen LogP contribution in [0.5, 0.6) is 0 Å². The van der Waals surface area contributed by atoms with Crippen molar-refractivity contribution < 1.29 is 0 Å². The Hall–Kier alpha value is -0.700. The molecule has 88 valence electrons. The molecule has 0 atom stereocenters. The molecule has 0 aliphatic carbocycles. The highest BCUT2D eigenvalue weighted by Crippen LogP contribution is 1.91. The zero-order valence-electron chi connectivity index (χ0n) is 10.6. The summed E-state index contributed by atoms with van der Waals surface area (Å²) in [5, 5.41) is 3.19. The first-order valence-electron chi connectivity index (χ1n) is 5.91. The number of hydrogen-bond donors (Lipinski definition) is 1. The molecule has 0 aromatic rings. The molecular formula is C12H25N3. The van der Waals surface area contributed by atoms with Crippen molar-refractivity contribution in [3.8, 4) is 0 Å². The normalized spacial score (nSPS) is 13.3. The summed E-state index contributed by atoms with van der Waals surface area (Å²) in [5.74, 6) is 0. The van der Waals surface area contributed by atoms with Crippen LogP contribution in [-0.2, 0) is 0 Å². The van der Waals surface area contributed by atoms with Crippen molar-refractivity contribution in [2.24, 2.45) is 9.98 Å². The number of nitrogens with zero attached hydrogens (tertiary/aromatic N) is 2. The fourth-order valence-corrected chi connectivity index (χ4v) is 1.31. The van der Waals surface area contributed by atoms with Crippen molar-refractivity contribution in [1.29, 1.82) is 0 Å². The first-order chi connectivity index (χ1) is 7.20. The van der Waals surface area contributed by atoms with Gasteiger partial charge in [-0.15, -0.1) is 0 Å². The molecule has 0 saturated heterocycles. The van der Waals surface area contributed by atoms with Crippen LogP contribution in [0.2, 0.25) is 0 Å². The SMILES string of the molecule is CCCC(C)=NCNCN=C(C)CCC. The second-order valence-electron chi connectivity index (χ2n) is 3.85. The van der Waals surface area contributed by atoms with E-state index in [4.69, 9.17) is 0 Å². The van der Waals surface area contributed by atoms with Crippen LogP contribution in [0.15, 0.2) is 9.98 Å². The molecule has 15 heavy (non-hydrogen) atoms. The standard InChI is InChI=1S/C12H25N3/c1-5-7-11(3)14-9-13-10-15-12(4)8-6-2/h13H,5-10H2,1-4H3. The quantitative estimate of drug-likeness (QED) is 0.486. The maximum Gasteiger partial charge on any atom is 0.0897 e. The van der Waals surface area contributed by atoms with Crippen molar-refractivity contribution in [1.82, 2.24) is 5.32 Å². The van der Waals surface area contributed by atoms with Crippen LogP contribution in [0.1, 0.15) is 53.4 Å². The van der Waals surface area contributed by atoms with Crippen molar-refractivity contribution in [2.75, 3.05) is 13.3 Å². The third kappa shape index (κ3) is 9.60. The summed E-state index contributed by atoms with van der Waals surface area (Å²) < 4.78 is 0. The Morgan fingerprint density at radius 3 is 1.60 bits per heavy atom. The highest BCUT2D eigenvalue weighted by molar-refractivity contribution is 5.82. The monoisotopic (exact) mass is 211 g/mol. The molecule has 0 aliphatic rings. The molecule has 0 saturated carbocycles. The summed E-state index contributed by atoms with van der Waals surface area (Å²) in [5.41, 5.74) is 2.44. The van der Waals surface area contributed by atoms with Gasteiger partial charge in [-0.05, 0) is 26.7 Å². The van der Waals surface area contributed by atoms with E-state index in [-0.39, 0.29) is 0 Å². The third-order valence-electron chi connectivity index (χ3n) is 2.15. The van der Waals surface area contributed by atoms with Gasteiger partial charge >= 0.3 is 0 Å². The Morgan fingerprint density at radius 1 is 0.867 bits per heavy atom. The van der Waals surface area contributed by atoms with Crippen LogP contribution in [0, 0.1) is 0 Å². The summed E-state index contributed by atoms with van der Waals surface area (Å²) in [4.78, 5) is 8.79. The van der Waals surface area contributed by atoms with E-state index >= 15 is 0 Å². The Labute approximate surface area is 94.1 Å². The number of aliphatic imine (C=N–C) groups is 2. The molecule has 0 rings (SSSR count). The summed E-state index contributed by atoms with van der Waals surface area (Å²) in [6, 6.07) is 0. The fourth-order valence-electron chi connectivity index (χ4n) is 1.31. The lowest BCUT2D eigenvalue weighted by Crippen LogP contribution is -2.15. The lowest BCUT2D eigenvalue weighted by Gasteiger charge is -2.01. The largest absolute Gasteiger partial charge is 0.279 e. The molecule has 0 aliphatic heterocycles. The molecule has 0 unspecified atom stereocenters. The van der Waals surface area contributed by atoms with Crippen LogP contribution in [0.4, 0.5) is 0 Å². The first-order valence-corrected chi connectivity index (χ1v) is 5.91. The van der Waals surface area contributed by atoms with Gasteiger partial charge < -0.3 is 0 Å². The fraction of sp³-hybridized carbons (Fsp3) is 0.833. The molecule has 3 nitrogen and oxygen atoms in total. The molecule has 0 aromatic heterocycles. The maximum absolute atomic E-state index is 4.39. The van der Waals surface area contributed by atoms with Gasteiger partial charge in [-0.2, -0.15) is 0 Å². The Kier molecular flexibility index (Phi) is 9.38. The van der Waals surface area contributed by atoms with E-state index < -0.39 is 0 Å². The molecule has 0 heterocycles. The third-order valence-corrected chi connectivity index (χ3v) is 2.15. The van der Waals surface area contributed by atoms with Crippen LogP contribution in [-0.4, -0.2) is 24.8 Å². The van der Waals surface area contributed by atoms with Crippen LogP contribution < -0.4 is 5.32 Å². The van der Waals surface area contributed by atoms with Gasteiger partial charge in [-0.1, -0.05) is 26.7 Å². The molecular weight excluding hydrogens is 186 g/mol. The molecule has 1 N–H and O–H groups in total. The second-order valence-corrected chi connectivity index (χ2v) is 3.85. The second kappa shape index (κ2) is 9.84. The first kappa shape index (κ1) is 14.3. The van der Waals surface area contributed by atoms with Crippen molar-refractivity contribution in [2.45, 2.75) is 53.4 Å². The van der Waals surface area contributed by atoms with Crippen LogP contribution in [0.3, 0.4) is 0 Å². The van der Waals surface area contributed by atoms with Crippen LogP contribution in [0.25, 0.3) is 0 Å². The molecule has 0 fully saturated rings. The molecule has 0 spiro atoms. The van der Waals surface area contributed by atoms with E-state index in [1.165, 1.54) is 24.3 Å². The van der Waals surface area contributed by atoms with Crippen molar-refractivity contribution in [3.05, 3.63) is 0 Å². The van der Waals surface area contributed by atoms with Gasteiger partial charge in [0.15, 0.2) is 0 Å². The Bertz CT molecular complexity index is 185. The van der Waals surface area contributed by atoms with Gasteiger partial charge in [0.25, 0.3) is 0 Å². The minimum absolute atomic E-state index is 0.689. The van der Waals surface area contributed by atoms with Gasteiger partial charge in [0, 0.05) is 11.4 Å². The minimum Gasteiger partial charge on any atom is -0.279 e. The summed E-state index contributed by atoms with van der Waals surface area (Å²) in [6.45, 7) is 9.88. The van der Waals surface area contributed by atoms with Gasteiger partial charge in [0.05, 0.1) is 13.3 Å². The lowest BCUT2D eigenvalue weighted by atomic mass is 10.2. The predicted molar refractivity (Wildman–Crippen MR) is 68.9 cm³/mol. The van der Waals surface area contributed by atoms with Crippen molar-refractivity contribution >= 4 is 11.4 Å². The minimum atomic E-state index is 0.689. The van der Waals surface area contributed by atoms with E-state index in [2.05, 4.69) is 43.0 Å². The highest BCUT2D eigenvalue weighted by atomic mass is 15.1. The zero-order chi connectivity index (χ0) is 11.5. The summed E-state index contributed by atoms with van der Waals surface area (Å²) in [7, 11) is 0. The van der Waals surface area contributed by atoms with E-state index in [0.717, 1.165) is 12.8 Å². The Morgan fingerprint density at radius 2 is 1.27 bits per heavy atom. The van der Waals surface area contributed by atoms with Crippen molar-refractivity contribution in [3.63, 3.8) is 0 Å². The topological polar surface area (TPSA) is 36.8 Å². The zero-order valence-corrected chi connectivity index (χ0v) is 10.6. The number of hydrogen-bond acceptors (Lipinski definition) is 3. The van der Waals surface area contributed by atoms with Gasteiger partial charge in [0.2, 0.25) is 0 Å². The average molecular weight is 211 g/mol. The number of nitrogens with one attached hydrogen (secondary N) is 1. The smallest absolute Gasteiger partial charge is 0.0897 e. The van der Waals surface area contributed by atoms with Crippen LogP contribution >= 0.6 is 0 Å². The van der Waals surface area contributed by atoms with E-state index in [9.17, 15) is 0 Å². The van der Waals surface area contributed by atoms with E-state index in [1.807, 2.05) is 0 Å². The molecule has 0 aromatic carbocycles. The average Bonchev–Trinajstić information content (AvgIpc) is 2.18. The summed E-state index contributed by atoms with van der Waals surface area (Å²) >= 11 is 0. The predicted octanol–water partition coefficient (Wildman–Crippen LogP) is 3.01. The molecule has 0 radical (unpaired) electrons. The molecule has 0 bridgehead atoms. The van der Waals surface area contributed by atoms with Gasteiger partial charge in [-0.25, -0.2) is 0 Å².